The van der Waals surface area contributed by atoms with Gasteiger partial charge in [0.25, 0.3) is 0 Å². The van der Waals surface area contributed by atoms with Gasteiger partial charge in [-0.25, -0.2) is 9.07 Å². The first kappa shape index (κ1) is 21.3. The van der Waals surface area contributed by atoms with Crippen molar-refractivity contribution < 1.29 is 22.4 Å². The molecule has 0 saturated carbocycles. The monoisotopic (exact) mass is 449 g/mol. The van der Waals surface area contributed by atoms with Gasteiger partial charge in [0, 0.05) is 24.5 Å². The van der Waals surface area contributed by atoms with Crippen molar-refractivity contribution in [3.8, 4) is 0 Å². The van der Waals surface area contributed by atoms with E-state index in [1.807, 2.05) is 0 Å². The van der Waals surface area contributed by atoms with Crippen LogP contribution in [0.15, 0.2) is 58.1 Å². The lowest BCUT2D eigenvalue weighted by Crippen LogP contribution is -2.44. The zero-order chi connectivity index (χ0) is 23.0. The number of carbonyl (C=O) groups is 1. The molecule has 4 rings (SSSR count). The van der Waals surface area contributed by atoms with Crippen LogP contribution in [0.2, 0.25) is 0 Å². The molecule has 166 valence electrons. The molecule has 0 saturated heterocycles. The largest absolute Gasteiger partial charge is 0.416 e. The van der Waals surface area contributed by atoms with Crippen molar-refractivity contribution in [3.05, 3.63) is 80.6 Å². The molecule has 1 amide bonds. The second-order valence-electron chi connectivity index (χ2n) is 6.97. The van der Waals surface area contributed by atoms with Gasteiger partial charge >= 0.3 is 17.3 Å². The van der Waals surface area contributed by atoms with Gasteiger partial charge in [0.1, 0.15) is 12.4 Å². The summed E-state index contributed by atoms with van der Waals surface area (Å²) < 4.78 is 53.6. The molecule has 8 nitrogen and oxygen atoms in total. The van der Waals surface area contributed by atoms with Gasteiger partial charge in [-0.15, -0.1) is 5.10 Å². The number of halogens is 4. The van der Waals surface area contributed by atoms with Crippen molar-refractivity contribution in [3.63, 3.8) is 0 Å². The van der Waals surface area contributed by atoms with E-state index < -0.39 is 41.1 Å². The van der Waals surface area contributed by atoms with Crippen molar-refractivity contribution in [1.29, 1.82) is 0 Å². The van der Waals surface area contributed by atoms with Crippen LogP contribution in [0.1, 0.15) is 5.56 Å². The summed E-state index contributed by atoms with van der Waals surface area (Å²) in [6, 6.07) is 9.42. The Kier molecular flexibility index (Phi) is 5.28. The highest BCUT2D eigenvalue weighted by Crippen LogP contribution is 2.30. The average Bonchev–Trinajstić information content (AvgIpc) is 3.16. The Morgan fingerprint density at radius 3 is 2.44 bits per heavy atom. The first-order valence-electron chi connectivity index (χ1n) is 9.35. The number of aromatic nitrogens is 3. The highest BCUT2D eigenvalue weighted by atomic mass is 19.4. The molecule has 2 heterocycles. The summed E-state index contributed by atoms with van der Waals surface area (Å²) in [5.41, 5.74) is -2.48. The molecule has 1 aliphatic rings. The molecule has 12 heteroatoms. The summed E-state index contributed by atoms with van der Waals surface area (Å²) in [4.78, 5) is 38.7. The number of fused-ring (bicyclic) bond motifs is 1. The highest BCUT2D eigenvalue weighted by molar-refractivity contribution is 5.90. The molecule has 0 atom stereocenters. The fraction of sp³-hybridized carbons (Fsp3) is 0.200. The third kappa shape index (κ3) is 4.11. The maximum absolute atomic E-state index is 13.2. The van der Waals surface area contributed by atoms with Crippen LogP contribution in [0, 0.1) is 5.82 Å². The van der Waals surface area contributed by atoms with Crippen LogP contribution in [0.25, 0.3) is 0 Å². The predicted molar refractivity (Wildman–Crippen MR) is 106 cm³/mol. The Hall–Kier alpha value is -3.96. The fourth-order valence-electron chi connectivity index (χ4n) is 3.31. The Morgan fingerprint density at radius 1 is 1.03 bits per heavy atom. The lowest BCUT2D eigenvalue weighted by Gasteiger charge is -2.17. The van der Waals surface area contributed by atoms with Crippen molar-refractivity contribution in [2.24, 2.45) is 0 Å². The second-order valence-corrected chi connectivity index (χ2v) is 6.97. The molecule has 0 unspecified atom stereocenters. The zero-order valence-electron chi connectivity index (χ0n) is 16.3. The summed E-state index contributed by atoms with van der Waals surface area (Å²) in [6.07, 6.45) is -4.59. The molecule has 1 aliphatic heterocycles. The number of rotatable bonds is 4. The van der Waals surface area contributed by atoms with Gasteiger partial charge < -0.3 is 10.2 Å². The number of hydrogen-bond donors (Lipinski definition) is 1. The number of nitrogens with one attached hydrogen (secondary N) is 1. The minimum atomic E-state index is -4.59. The molecule has 0 radical (unpaired) electrons. The average molecular weight is 449 g/mol. The summed E-state index contributed by atoms with van der Waals surface area (Å²) in [6.45, 7) is -0.214. The van der Waals surface area contributed by atoms with E-state index in [9.17, 15) is 31.9 Å². The van der Waals surface area contributed by atoms with Crippen LogP contribution in [-0.2, 0) is 24.1 Å². The van der Waals surface area contributed by atoms with E-state index in [0.29, 0.717) is 16.9 Å². The second kappa shape index (κ2) is 7.94. The quantitative estimate of drug-likeness (QED) is 0.488. The molecule has 1 N–H and O–H groups in total. The van der Waals surface area contributed by atoms with Gasteiger partial charge in [0.2, 0.25) is 11.9 Å². The van der Waals surface area contributed by atoms with Crippen molar-refractivity contribution >= 4 is 23.2 Å². The number of benzene rings is 2. The van der Waals surface area contributed by atoms with E-state index in [2.05, 4.69) is 10.4 Å². The molecule has 0 fully saturated rings. The van der Waals surface area contributed by atoms with Crippen molar-refractivity contribution in [1.82, 2.24) is 14.3 Å². The van der Waals surface area contributed by atoms with Gasteiger partial charge in [0.15, 0.2) is 0 Å². The molecular weight excluding hydrogens is 434 g/mol. The molecule has 32 heavy (non-hydrogen) atoms. The first-order chi connectivity index (χ1) is 15.1. The molecule has 0 bridgehead atoms. The third-order valence-corrected chi connectivity index (χ3v) is 4.81. The summed E-state index contributed by atoms with van der Waals surface area (Å²) in [5, 5.41) is 6.35. The Bertz CT molecular complexity index is 1300. The minimum Gasteiger partial charge on any atom is -0.324 e. The minimum absolute atomic E-state index is 0.0908. The Balaban J connectivity index is 1.60. The first-order valence-corrected chi connectivity index (χ1v) is 9.35. The normalized spacial score (nSPS) is 13.2. The summed E-state index contributed by atoms with van der Waals surface area (Å²) in [5.74, 6) is -1.20. The fourth-order valence-corrected chi connectivity index (χ4v) is 3.31. The molecule has 1 aromatic heterocycles. The highest BCUT2D eigenvalue weighted by Gasteiger charge is 2.30. The Morgan fingerprint density at radius 2 is 1.75 bits per heavy atom. The van der Waals surface area contributed by atoms with E-state index >= 15 is 0 Å². The van der Waals surface area contributed by atoms with Crippen molar-refractivity contribution in [2.75, 3.05) is 16.8 Å². The molecule has 0 spiro atoms. The van der Waals surface area contributed by atoms with Crippen LogP contribution in [0.4, 0.5) is 34.9 Å². The van der Waals surface area contributed by atoms with E-state index in [0.717, 1.165) is 22.8 Å². The number of anilines is 3. The van der Waals surface area contributed by atoms with Gasteiger partial charge in [-0.2, -0.15) is 13.2 Å². The van der Waals surface area contributed by atoms with Gasteiger partial charge in [-0.3, -0.25) is 19.0 Å². The zero-order valence-corrected chi connectivity index (χ0v) is 16.3. The van der Waals surface area contributed by atoms with Gasteiger partial charge in [0.05, 0.1) is 5.56 Å². The smallest absolute Gasteiger partial charge is 0.324 e. The van der Waals surface area contributed by atoms with E-state index in [-0.39, 0.29) is 18.2 Å². The number of alkyl halides is 3. The van der Waals surface area contributed by atoms with E-state index in [1.54, 1.807) is 4.90 Å². The van der Waals surface area contributed by atoms with E-state index in [1.165, 1.54) is 30.3 Å². The lowest BCUT2D eigenvalue weighted by molar-refractivity contribution is -0.137. The van der Waals surface area contributed by atoms with E-state index in [4.69, 9.17) is 0 Å². The number of hydrogen-bond acceptors (Lipinski definition) is 5. The molecule has 2 aromatic carbocycles. The topological polar surface area (TPSA) is 89.2 Å². The van der Waals surface area contributed by atoms with Crippen LogP contribution in [-0.4, -0.2) is 26.8 Å². The maximum atomic E-state index is 13.2. The Labute approximate surface area is 177 Å². The standard InChI is InChI=1S/C20H15F4N5O3/c21-13-4-6-15(7-5-13)27-8-9-28-17(31)18(32)29(26-19(27)28)11-16(30)25-14-3-1-2-12(10-14)20(22,23)24/h1-7,10H,8-9,11H2,(H,25,30). The summed E-state index contributed by atoms with van der Waals surface area (Å²) >= 11 is 0. The maximum Gasteiger partial charge on any atom is 0.416 e. The number of carbonyl (C=O) groups excluding carboxylic acids is 1. The predicted octanol–water partition coefficient (Wildman–Crippen LogP) is 2.35. The number of nitrogens with zero attached hydrogens (tertiary/aromatic N) is 4. The van der Waals surface area contributed by atoms with Crippen LogP contribution >= 0.6 is 0 Å². The van der Waals surface area contributed by atoms with Crippen LogP contribution < -0.4 is 21.3 Å². The third-order valence-electron chi connectivity index (χ3n) is 4.81. The van der Waals surface area contributed by atoms with Gasteiger partial charge in [-0.1, -0.05) is 6.07 Å². The molecular formula is C20H15F4N5O3. The number of amides is 1. The summed E-state index contributed by atoms with van der Waals surface area (Å²) in [7, 11) is 0. The van der Waals surface area contributed by atoms with Crippen LogP contribution in [0.5, 0.6) is 0 Å². The van der Waals surface area contributed by atoms with Gasteiger partial charge in [-0.05, 0) is 42.5 Å². The van der Waals surface area contributed by atoms with Crippen LogP contribution in [0.3, 0.4) is 0 Å². The molecule has 3 aromatic rings. The SMILES string of the molecule is O=C(Cn1nc2n(c(=O)c1=O)CCN2c1ccc(F)cc1)Nc1cccc(C(F)(F)F)c1. The lowest BCUT2D eigenvalue weighted by atomic mass is 10.2. The molecule has 0 aliphatic carbocycles. The van der Waals surface area contributed by atoms with Crippen molar-refractivity contribution in [2.45, 2.75) is 19.3 Å².